The monoisotopic (exact) mass is 444 g/mol. The number of aryl methyl sites for hydroxylation is 1. The second-order valence-electron chi connectivity index (χ2n) is 10.8. The van der Waals surface area contributed by atoms with Crippen molar-refractivity contribution in [2.45, 2.75) is 104 Å². The smallest absolute Gasteiger partial charge is 0.145 e. The van der Waals surface area contributed by atoms with Crippen molar-refractivity contribution < 1.29 is 4.39 Å². The fourth-order valence-corrected chi connectivity index (χ4v) is 7.39. The van der Waals surface area contributed by atoms with Gasteiger partial charge in [-0.2, -0.15) is 0 Å². The maximum Gasteiger partial charge on any atom is 0.145 e. The molecule has 0 amide bonds. The maximum absolute atomic E-state index is 14.5. The number of allylic oxidation sites excluding steroid dienone is 2. The zero-order chi connectivity index (χ0) is 21.8. The molecule has 0 N–H and O–H groups in total. The average Bonchev–Trinajstić information content (AvgIpc) is 2.82. The molecule has 0 aromatic heterocycles. The molecule has 2 saturated carbocycles. The van der Waals surface area contributed by atoms with E-state index in [9.17, 15) is 4.39 Å². The van der Waals surface area contributed by atoms with E-state index in [2.05, 4.69) is 13.0 Å². The van der Waals surface area contributed by atoms with E-state index in [1.807, 2.05) is 19.1 Å². The van der Waals surface area contributed by atoms with E-state index < -0.39 is 0 Å². The summed E-state index contributed by atoms with van der Waals surface area (Å²) in [6.45, 7) is 4.32. The Kier molecular flexibility index (Phi) is 8.18. The van der Waals surface area contributed by atoms with Gasteiger partial charge in [0.2, 0.25) is 0 Å². The van der Waals surface area contributed by atoms with E-state index in [0.29, 0.717) is 11.4 Å². The molecule has 0 spiro atoms. The summed E-state index contributed by atoms with van der Waals surface area (Å²) in [5.74, 6) is 4.57. The van der Waals surface area contributed by atoms with Gasteiger partial charge in [0.1, 0.15) is 5.82 Å². The van der Waals surface area contributed by atoms with Crippen molar-refractivity contribution in [2.75, 3.05) is 0 Å². The van der Waals surface area contributed by atoms with Crippen LogP contribution in [0.2, 0.25) is 5.02 Å². The van der Waals surface area contributed by atoms with Crippen molar-refractivity contribution in [3.8, 4) is 0 Å². The van der Waals surface area contributed by atoms with Crippen LogP contribution in [0, 0.1) is 35.4 Å². The summed E-state index contributed by atoms with van der Waals surface area (Å²) in [4.78, 5) is 0. The molecular weight excluding hydrogens is 403 g/mol. The van der Waals surface area contributed by atoms with Gasteiger partial charge in [0.15, 0.2) is 0 Å². The molecule has 0 heterocycles. The van der Waals surface area contributed by atoms with Crippen LogP contribution in [0.15, 0.2) is 18.2 Å². The Morgan fingerprint density at radius 3 is 2.00 bits per heavy atom. The summed E-state index contributed by atoms with van der Waals surface area (Å²) in [6, 6.07) is 3.96. The Morgan fingerprint density at radius 1 is 0.839 bits per heavy atom. The highest BCUT2D eigenvalue weighted by molar-refractivity contribution is 6.32. The number of rotatable bonds is 6. The molecule has 2 heteroatoms. The van der Waals surface area contributed by atoms with Crippen LogP contribution in [0.3, 0.4) is 0 Å². The first kappa shape index (κ1) is 23.3. The molecule has 172 valence electrons. The third-order valence-corrected chi connectivity index (χ3v) is 9.45. The first-order valence-electron chi connectivity index (χ1n) is 13.3. The highest BCUT2D eigenvalue weighted by atomic mass is 35.5. The van der Waals surface area contributed by atoms with Gasteiger partial charge in [-0.25, -0.2) is 4.39 Å². The highest BCUT2D eigenvalue weighted by Crippen LogP contribution is 2.46. The van der Waals surface area contributed by atoms with Gasteiger partial charge in [-0.05, 0) is 110 Å². The molecule has 2 fully saturated rings. The first-order valence-corrected chi connectivity index (χ1v) is 13.6. The van der Waals surface area contributed by atoms with Gasteiger partial charge in [0, 0.05) is 0 Å². The average molecular weight is 445 g/mol. The van der Waals surface area contributed by atoms with E-state index in [-0.39, 0.29) is 5.82 Å². The molecule has 0 aliphatic heterocycles. The second-order valence-corrected chi connectivity index (χ2v) is 11.1. The number of hydrogen-bond acceptors (Lipinski definition) is 0. The predicted octanol–water partition coefficient (Wildman–Crippen LogP) is 9.64. The maximum atomic E-state index is 14.5. The summed E-state index contributed by atoms with van der Waals surface area (Å²) < 4.78 is 14.5. The Bertz CT molecular complexity index is 750. The van der Waals surface area contributed by atoms with Gasteiger partial charge in [-0.3, -0.25) is 0 Å². The SMILES string of the molecule is CCCC1CCC(C2CCC(C3CC=C(c4ccc(CC)c(F)c4Cl)CC3)CC2)CC1. The topological polar surface area (TPSA) is 0 Å². The van der Waals surface area contributed by atoms with Gasteiger partial charge in [-0.1, -0.05) is 69.3 Å². The normalized spacial score (nSPS) is 32.0. The molecular formula is C29H42ClF. The lowest BCUT2D eigenvalue weighted by atomic mass is 9.65. The minimum Gasteiger partial charge on any atom is -0.205 e. The molecule has 1 aromatic rings. The van der Waals surface area contributed by atoms with Crippen LogP contribution < -0.4 is 0 Å². The van der Waals surface area contributed by atoms with E-state index in [1.165, 1.54) is 76.2 Å². The quantitative estimate of drug-likeness (QED) is 0.409. The molecule has 0 nitrogen and oxygen atoms in total. The zero-order valence-electron chi connectivity index (χ0n) is 19.8. The summed E-state index contributed by atoms with van der Waals surface area (Å²) >= 11 is 6.40. The summed E-state index contributed by atoms with van der Waals surface area (Å²) in [6.07, 6.45) is 21.2. The van der Waals surface area contributed by atoms with E-state index in [4.69, 9.17) is 11.6 Å². The zero-order valence-corrected chi connectivity index (χ0v) is 20.5. The highest BCUT2D eigenvalue weighted by Gasteiger charge is 2.33. The minimum absolute atomic E-state index is 0.216. The minimum atomic E-state index is -0.216. The van der Waals surface area contributed by atoms with Crippen molar-refractivity contribution in [2.24, 2.45) is 29.6 Å². The fourth-order valence-electron chi connectivity index (χ4n) is 7.08. The summed E-state index contributed by atoms with van der Waals surface area (Å²) in [5, 5.41) is 0.332. The van der Waals surface area contributed by atoms with E-state index in [1.54, 1.807) is 0 Å². The number of hydrogen-bond donors (Lipinski definition) is 0. The number of halogens is 2. The third kappa shape index (κ3) is 5.40. The first-order chi connectivity index (χ1) is 15.1. The lowest BCUT2D eigenvalue weighted by Crippen LogP contribution is -2.28. The van der Waals surface area contributed by atoms with Crippen LogP contribution >= 0.6 is 11.6 Å². The van der Waals surface area contributed by atoms with Crippen LogP contribution in [-0.4, -0.2) is 0 Å². The van der Waals surface area contributed by atoms with Crippen LogP contribution in [0.25, 0.3) is 5.57 Å². The molecule has 1 atom stereocenters. The number of benzene rings is 1. The van der Waals surface area contributed by atoms with Gasteiger partial charge in [0.05, 0.1) is 5.02 Å². The molecule has 3 aliphatic rings. The van der Waals surface area contributed by atoms with E-state index in [0.717, 1.165) is 53.6 Å². The largest absolute Gasteiger partial charge is 0.205 e. The lowest BCUT2D eigenvalue weighted by molar-refractivity contribution is 0.121. The van der Waals surface area contributed by atoms with Crippen molar-refractivity contribution >= 4 is 17.2 Å². The van der Waals surface area contributed by atoms with Gasteiger partial charge >= 0.3 is 0 Å². The van der Waals surface area contributed by atoms with Crippen molar-refractivity contribution in [1.29, 1.82) is 0 Å². The standard InChI is InChI=1S/C29H42ClF/c1-3-5-20-6-8-22(9-7-20)23-10-12-24(13-11-23)25-14-16-26(17-15-25)27-19-18-21(4-2)29(31)28(27)30/h16,18-20,22-25H,3-15,17H2,1-2H3. The molecule has 0 saturated heterocycles. The molecule has 31 heavy (non-hydrogen) atoms. The molecule has 1 unspecified atom stereocenters. The van der Waals surface area contributed by atoms with E-state index >= 15 is 0 Å². The summed E-state index contributed by atoms with van der Waals surface area (Å²) in [7, 11) is 0. The van der Waals surface area contributed by atoms with Crippen molar-refractivity contribution in [1.82, 2.24) is 0 Å². The van der Waals surface area contributed by atoms with Crippen LogP contribution in [0.4, 0.5) is 4.39 Å². The third-order valence-electron chi connectivity index (χ3n) is 9.08. The Labute approximate surface area is 195 Å². The molecule has 0 bridgehead atoms. The van der Waals surface area contributed by atoms with Crippen molar-refractivity contribution in [3.05, 3.63) is 40.2 Å². The van der Waals surface area contributed by atoms with Gasteiger partial charge in [0.25, 0.3) is 0 Å². The second kappa shape index (κ2) is 10.9. The Morgan fingerprint density at radius 2 is 1.45 bits per heavy atom. The molecule has 3 aliphatic carbocycles. The molecule has 0 radical (unpaired) electrons. The predicted molar refractivity (Wildman–Crippen MR) is 132 cm³/mol. The fraction of sp³-hybridized carbons (Fsp3) is 0.724. The molecule has 1 aromatic carbocycles. The van der Waals surface area contributed by atoms with Crippen LogP contribution in [-0.2, 0) is 6.42 Å². The van der Waals surface area contributed by atoms with Crippen molar-refractivity contribution in [3.63, 3.8) is 0 Å². The lowest BCUT2D eigenvalue weighted by Gasteiger charge is -2.40. The van der Waals surface area contributed by atoms with Gasteiger partial charge < -0.3 is 0 Å². The Hall–Kier alpha value is -0.820. The summed E-state index contributed by atoms with van der Waals surface area (Å²) in [5.41, 5.74) is 2.91. The van der Waals surface area contributed by atoms with Crippen LogP contribution in [0.1, 0.15) is 108 Å². The Balaban J connectivity index is 1.28. The van der Waals surface area contributed by atoms with Crippen LogP contribution in [0.5, 0.6) is 0 Å². The van der Waals surface area contributed by atoms with Gasteiger partial charge in [-0.15, -0.1) is 0 Å². The molecule has 4 rings (SSSR count).